The monoisotopic (exact) mass is 233 g/mol. The number of hydrogen-bond donors (Lipinski definition) is 0. The van der Waals surface area contributed by atoms with E-state index in [1.807, 2.05) is 6.92 Å². The molecule has 0 bridgehead atoms. The first-order valence-electron chi connectivity index (χ1n) is 5.66. The van der Waals surface area contributed by atoms with Gasteiger partial charge >= 0.3 is 0 Å². The highest BCUT2D eigenvalue weighted by Gasteiger charge is 2.00. The summed E-state index contributed by atoms with van der Waals surface area (Å²) in [5.41, 5.74) is 3.58. The number of nitrogens with zero attached hydrogens (tertiary/aromatic N) is 1. The average molecular weight is 233 g/mol. The Morgan fingerprint density at radius 1 is 1.19 bits per heavy atom. The van der Waals surface area contributed by atoms with Crippen LogP contribution >= 0.6 is 11.3 Å². The molecule has 86 valence electrons. The minimum absolute atomic E-state index is 1.09. The lowest BCUT2D eigenvalue weighted by Gasteiger charge is -1.97. The molecule has 1 nitrogen and oxygen atoms in total. The molecule has 1 aromatic heterocycles. The summed E-state index contributed by atoms with van der Waals surface area (Å²) >= 11 is 1.69. The number of benzene rings is 1. The molecule has 2 aromatic rings. The summed E-state index contributed by atoms with van der Waals surface area (Å²) in [6, 6.07) is 8.43. The van der Waals surface area contributed by atoms with Crippen LogP contribution in [0.4, 0.5) is 0 Å². The maximum Gasteiger partial charge on any atom is 0.0901 e. The highest BCUT2D eigenvalue weighted by Crippen LogP contribution is 2.21. The van der Waals surface area contributed by atoms with Crippen LogP contribution in [0.5, 0.6) is 0 Å². The molecule has 1 heterocycles. The van der Waals surface area contributed by atoms with Crippen LogP contribution < -0.4 is 0 Å². The maximum atomic E-state index is 4.44. The van der Waals surface area contributed by atoms with Crippen LogP contribution in [0.3, 0.4) is 0 Å². The van der Waals surface area contributed by atoms with Gasteiger partial charge in [0.1, 0.15) is 0 Å². The molecule has 0 spiro atoms. The van der Waals surface area contributed by atoms with Gasteiger partial charge in [0.15, 0.2) is 0 Å². The molecule has 0 amide bonds. The van der Waals surface area contributed by atoms with Crippen LogP contribution in [-0.4, -0.2) is 4.98 Å². The van der Waals surface area contributed by atoms with Crippen molar-refractivity contribution in [3.8, 4) is 11.3 Å². The van der Waals surface area contributed by atoms with Crippen molar-refractivity contribution in [2.24, 2.45) is 0 Å². The molecule has 0 radical (unpaired) electrons. The Morgan fingerprint density at radius 3 is 2.38 bits per heavy atom. The van der Waals surface area contributed by atoms with Gasteiger partial charge in [0.25, 0.3) is 0 Å². The molecule has 0 aliphatic rings. The van der Waals surface area contributed by atoms with E-state index in [2.05, 4.69) is 55.4 Å². The van der Waals surface area contributed by atoms with Gasteiger partial charge in [-0.25, -0.2) is 4.98 Å². The number of hydrogen-bond acceptors (Lipinski definition) is 2. The topological polar surface area (TPSA) is 12.9 Å². The van der Waals surface area contributed by atoms with E-state index in [1.54, 1.807) is 11.3 Å². The van der Waals surface area contributed by atoms with Crippen LogP contribution in [0.2, 0.25) is 0 Å². The summed E-state index contributed by atoms with van der Waals surface area (Å²) in [6.45, 7) is 8.38. The highest BCUT2D eigenvalue weighted by molar-refractivity contribution is 7.09. The molecule has 0 unspecified atom stereocenters. The Labute approximate surface area is 102 Å². The van der Waals surface area contributed by atoms with Crippen molar-refractivity contribution in [2.75, 3.05) is 0 Å². The second-order valence-electron chi connectivity index (χ2n) is 3.83. The minimum atomic E-state index is 1.09. The third kappa shape index (κ3) is 3.78. The minimum Gasteiger partial charge on any atom is -0.242 e. The smallest absolute Gasteiger partial charge is 0.0901 e. The summed E-state index contributed by atoms with van der Waals surface area (Å²) in [7, 11) is 0. The predicted molar refractivity (Wildman–Crippen MR) is 73.0 cm³/mol. The molecule has 0 N–H and O–H groups in total. The maximum absolute atomic E-state index is 4.44. The van der Waals surface area contributed by atoms with Crippen molar-refractivity contribution < 1.29 is 0 Å². The van der Waals surface area contributed by atoms with Gasteiger partial charge in [-0.3, -0.25) is 0 Å². The highest BCUT2D eigenvalue weighted by atomic mass is 32.1. The summed E-state index contributed by atoms with van der Waals surface area (Å²) in [6.07, 6.45) is 1.25. The van der Waals surface area contributed by atoms with Gasteiger partial charge in [-0.1, -0.05) is 44.0 Å². The third-order valence-electron chi connectivity index (χ3n) is 1.93. The lowest BCUT2D eigenvalue weighted by atomic mass is 10.1. The first-order valence-corrected chi connectivity index (χ1v) is 6.54. The van der Waals surface area contributed by atoms with Crippen molar-refractivity contribution >= 4 is 11.3 Å². The first-order chi connectivity index (χ1) is 7.67. The Bertz CT molecular complexity index is 432. The lowest BCUT2D eigenvalue weighted by molar-refractivity contribution is 1.09. The summed E-state index contributed by atoms with van der Waals surface area (Å²) in [5.74, 6) is 0. The SMILES string of the molecule is CCC.Cc1cccc(-c2csc(C)n2)c1. The molecule has 0 atom stereocenters. The molecule has 0 saturated carbocycles. The van der Waals surface area contributed by atoms with Gasteiger partial charge in [-0.05, 0) is 19.9 Å². The predicted octanol–water partition coefficient (Wildman–Crippen LogP) is 4.84. The Balaban J connectivity index is 0.000000386. The van der Waals surface area contributed by atoms with E-state index in [0.29, 0.717) is 0 Å². The molecule has 0 aliphatic carbocycles. The van der Waals surface area contributed by atoms with Gasteiger partial charge in [0.2, 0.25) is 0 Å². The molecular weight excluding hydrogens is 214 g/mol. The summed E-state index contributed by atoms with van der Waals surface area (Å²) in [4.78, 5) is 4.44. The van der Waals surface area contributed by atoms with E-state index in [0.717, 1.165) is 10.7 Å². The lowest BCUT2D eigenvalue weighted by Crippen LogP contribution is -1.79. The quantitative estimate of drug-likeness (QED) is 0.686. The van der Waals surface area contributed by atoms with E-state index < -0.39 is 0 Å². The third-order valence-corrected chi connectivity index (χ3v) is 2.71. The van der Waals surface area contributed by atoms with Gasteiger partial charge in [-0.15, -0.1) is 11.3 Å². The Hall–Kier alpha value is -1.15. The molecule has 0 saturated heterocycles. The number of thiazole rings is 1. The van der Waals surface area contributed by atoms with Gasteiger partial charge < -0.3 is 0 Å². The molecular formula is C14H19NS. The molecule has 0 fully saturated rings. The second kappa shape index (κ2) is 6.44. The van der Waals surface area contributed by atoms with Crippen molar-refractivity contribution in [3.63, 3.8) is 0 Å². The van der Waals surface area contributed by atoms with Crippen molar-refractivity contribution in [1.82, 2.24) is 4.98 Å². The largest absolute Gasteiger partial charge is 0.242 e. The van der Waals surface area contributed by atoms with Gasteiger partial charge in [-0.2, -0.15) is 0 Å². The number of aromatic nitrogens is 1. The molecule has 1 aromatic carbocycles. The van der Waals surface area contributed by atoms with Crippen LogP contribution in [0.25, 0.3) is 11.3 Å². The van der Waals surface area contributed by atoms with E-state index in [-0.39, 0.29) is 0 Å². The second-order valence-corrected chi connectivity index (χ2v) is 4.89. The van der Waals surface area contributed by atoms with Gasteiger partial charge in [0, 0.05) is 10.9 Å². The number of rotatable bonds is 1. The van der Waals surface area contributed by atoms with E-state index in [4.69, 9.17) is 0 Å². The zero-order valence-corrected chi connectivity index (χ0v) is 11.3. The normalized spacial score (nSPS) is 9.50. The van der Waals surface area contributed by atoms with Crippen LogP contribution in [0.15, 0.2) is 29.6 Å². The van der Waals surface area contributed by atoms with Crippen molar-refractivity contribution in [1.29, 1.82) is 0 Å². The van der Waals surface area contributed by atoms with E-state index in [9.17, 15) is 0 Å². The summed E-state index contributed by atoms with van der Waals surface area (Å²) < 4.78 is 0. The fourth-order valence-corrected chi connectivity index (χ4v) is 1.92. The average Bonchev–Trinajstić information content (AvgIpc) is 2.66. The molecule has 0 aliphatic heterocycles. The van der Waals surface area contributed by atoms with Crippen LogP contribution in [0, 0.1) is 13.8 Å². The summed E-state index contributed by atoms with van der Waals surface area (Å²) in [5, 5.41) is 3.22. The zero-order valence-electron chi connectivity index (χ0n) is 10.4. The molecule has 2 heteroatoms. The Morgan fingerprint density at radius 2 is 1.88 bits per heavy atom. The van der Waals surface area contributed by atoms with Gasteiger partial charge in [0.05, 0.1) is 10.7 Å². The Kier molecular flexibility index (Phi) is 5.20. The fraction of sp³-hybridized carbons (Fsp3) is 0.357. The molecule has 16 heavy (non-hydrogen) atoms. The fourth-order valence-electron chi connectivity index (χ4n) is 1.30. The standard InChI is InChI=1S/C11H11NS.C3H8/c1-8-4-3-5-10(6-8)11-7-13-9(2)12-11;1-3-2/h3-7H,1-2H3;3H2,1-2H3. The zero-order chi connectivity index (χ0) is 12.0. The molecule has 2 rings (SSSR count). The van der Waals surface area contributed by atoms with Crippen molar-refractivity contribution in [3.05, 3.63) is 40.2 Å². The van der Waals surface area contributed by atoms with Crippen LogP contribution in [0.1, 0.15) is 30.8 Å². The first kappa shape index (κ1) is 12.9. The number of aryl methyl sites for hydroxylation is 2. The van der Waals surface area contributed by atoms with Crippen molar-refractivity contribution in [2.45, 2.75) is 34.1 Å². The van der Waals surface area contributed by atoms with E-state index >= 15 is 0 Å². The van der Waals surface area contributed by atoms with Crippen LogP contribution in [-0.2, 0) is 0 Å². The van der Waals surface area contributed by atoms with E-state index in [1.165, 1.54) is 17.5 Å².